The average molecular weight is 386 g/mol. The molecule has 0 bridgehead atoms. The molecule has 1 N–H and O–H groups in total. The number of dihydropyridines is 1. The fourth-order valence-electron chi connectivity index (χ4n) is 3.57. The molecule has 0 aromatic carbocycles. The van der Waals surface area contributed by atoms with E-state index in [1.165, 1.54) is 0 Å². The average Bonchev–Trinajstić information content (AvgIpc) is 3.06. The van der Waals surface area contributed by atoms with E-state index < -0.39 is 5.97 Å². The Bertz CT molecular complexity index is 965. The van der Waals surface area contributed by atoms with Gasteiger partial charge in [0.2, 0.25) is 0 Å². The van der Waals surface area contributed by atoms with E-state index in [2.05, 4.69) is 32.0 Å². The lowest BCUT2D eigenvalue weighted by Crippen LogP contribution is -2.41. The minimum absolute atomic E-state index is 0.0792. The molecule has 2 atom stereocenters. The number of carboxylic acid groups (broad SMARTS) is 1. The predicted molar refractivity (Wildman–Crippen MR) is 103 cm³/mol. The Labute approximate surface area is 162 Å². The van der Waals surface area contributed by atoms with Crippen molar-refractivity contribution in [2.24, 2.45) is 4.99 Å². The Morgan fingerprint density at radius 1 is 1.33 bits per heavy atom. The lowest BCUT2D eigenvalue weighted by molar-refractivity contribution is 0.0690. The molecule has 2 aromatic rings. The van der Waals surface area contributed by atoms with Gasteiger partial charge >= 0.3 is 5.97 Å². The van der Waals surface area contributed by atoms with Gasteiger partial charge in [-0.1, -0.05) is 6.07 Å². The van der Waals surface area contributed by atoms with E-state index in [9.17, 15) is 4.79 Å². The fourth-order valence-corrected chi connectivity index (χ4v) is 3.81. The molecule has 0 saturated heterocycles. The minimum Gasteiger partial charge on any atom is -0.476 e. The lowest BCUT2D eigenvalue weighted by Gasteiger charge is -2.33. The van der Waals surface area contributed by atoms with Crippen molar-refractivity contribution in [1.29, 1.82) is 0 Å². The summed E-state index contributed by atoms with van der Waals surface area (Å²) >= 11 is 6.49. The van der Waals surface area contributed by atoms with Crippen LogP contribution in [-0.2, 0) is 13.1 Å². The van der Waals surface area contributed by atoms with Crippen LogP contribution in [0.4, 0.5) is 0 Å². The number of nitrogens with zero attached hydrogens (tertiary/aromatic N) is 5. The molecule has 8 heteroatoms. The van der Waals surface area contributed by atoms with Gasteiger partial charge in [0.05, 0.1) is 17.6 Å². The van der Waals surface area contributed by atoms with Crippen molar-refractivity contribution in [2.75, 3.05) is 6.54 Å². The SMILES string of the molecule is Cc1cnc(C2=CC(N3CCn4cc(C(=O)O)nc4C3)N=CC2Cl)c(C)c1. The summed E-state index contributed by atoms with van der Waals surface area (Å²) in [7, 11) is 0. The normalized spacial score (nSPS) is 22.4. The zero-order chi connectivity index (χ0) is 19.1. The largest absolute Gasteiger partial charge is 0.476 e. The molecule has 2 aliphatic heterocycles. The molecule has 2 aliphatic rings. The maximum Gasteiger partial charge on any atom is 0.356 e. The number of pyridine rings is 1. The molecule has 0 aliphatic carbocycles. The van der Waals surface area contributed by atoms with Crippen LogP contribution < -0.4 is 0 Å². The molecular weight excluding hydrogens is 366 g/mol. The van der Waals surface area contributed by atoms with Gasteiger partial charge < -0.3 is 9.67 Å². The summed E-state index contributed by atoms with van der Waals surface area (Å²) in [6.07, 6.45) is 7.08. The minimum atomic E-state index is -1.01. The fraction of sp³-hybridized carbons (Fsp3) is 0.368. The number of carboxylic acids is 1. The topological polar surface area (TPSA) is 83.6 Å². The summed E-state index contributed by atoms with van der Waals surface area (Å²) in [4.78, 5) is 26.7. The Morgan fingerprint density at radius 3 is 2.89 bits per heavy atom. The molecule has 0 spiro atoms. The number of halogens is 1. The summed E-state index contributed by atoms with van der Waals surface area (Å²) in [5.74, 6) is -0.270. The summed E-state index contributed by atoms with van der Waals surface area (Å²) in [5.41, 5.74) is 4.12. The van der Waals surface area contributed by atoms with Crippen molar-refractivity contribution in [3.63, 3.8) is 0 Å². The van der Waals surface area contributed by atoms with Crippen molar-refractivity contribution in [1.82, 2.24) is 19.4 Å². The van der Waals surface area contributed by atoms with E-state index >= 15 is 0 Å². The van der Waals surface area contributed by atoms with Gasteiger partial charge in [-0.2, -0.15) is 0 Å². The van der Waals surface area contributed by atoms with E-state index in [4.69, 9.17) is 16.7 Å². The molecule has 140 valence electrons. The van der Waals surface area contributed by atoms with Gasteiger partial charge in [0.15, 0.2) is 5.69 Å². The number of rotatable bonds is 3. The Kier molecular flexibility index (Phi) is 4.57. The number of aromatic nitrogens is 3. The van der Waals surface area contributed by atoms with E-state index in [-0.39, 0.29) is 17.2 Å². The number of aromatic carboxylic acids is 1. The van der Waals surface area contributed by atoms with Gasteiger partial charge in [0.25, 0.3) is 0 Å². The highest BCUT2D eigenvalue weighted by Gasteiger charge is 2.28. The van der Waals surface area contributed by atoms with Crippen molar-refractivity contribution >= 4 is 29.4 Å². The Hall–Kier alpha value is -2.51. The molecular formula is C19H20ClN5O2. The third kappa shape index (κ3) is 3.40. The first-order valence-corrected chi connectivity index (χ1v) is 9.22. The highest BCUT2D eigenvalue weighted by Crippen LogP contribution is 2.29. The molecule has 2 aromatic heterocycles. The molecule has 0 amide bonds. The second-order valence-electron chi connectivity index (χ2n) is 6.93. The van der Waals surface area contributed by atoms with Crippen LogP contribution in [0.3, 0.4) is 0 Å². The Balaban J connectivity index is 1.61. The van der Waals surface area contributed by atoms with Crippen LogP contribution >= 0.6 is 11.6 Å². The third-order valence-corrected chi connectivity index (χ3v) is 5.26. The number of aliphatic imine (C=N–C) groups is 1. The molecule has 4 rings (SSSR count). The molecule has 27 heavy (non-hydrogen) atoms. The summed E-state index contributed by atoms with van der Waals surface area (Å²) in [6, 6.07) is 2.10. The van der Waals surface area contributed by atoms with Crippen LogP contribution in [0, 0.1) is 13.8 Å². The first kappa shape index (κ1) is 17.9. The smallest absolute Gasteiger partial charge is 0.356 e. The van der Waals surface area contributed by atoms with Gasteiger partial charge in [-0.3, -0.25) is 14.9 Å². The quantitative estimate of drug-likeness (QED) is 0.821. The monoisotopic (exact) mass is 385 g/mol. The van der Waals surface area contributed by atoms with Crippen LogP contribution in [0.1, 0.15) is 33.1 Å². The van der Waals surface area contributed by atoms with Gasteiger partial charge in [0.1, 0.15) is 12.0 Å². The number of hydrogen-bond acceptors (Lipinski definition) is 5. The molecule has 0 radical (unpaired) electrons. The number of aryl methyl sites for hydroxylation is 2. The molecule has 0 saturated carbocycles. The molecule has 4 heterocycles. The predicted octanol–water partition coefficient (Wildman–Crippen LogP) is 2.51. The van der Waals surface area contributed by atoms with E-state index in [1.54, 1.807) is 12.4 Å². The van der Waals surface area contributed by atoms with Crippen LogP contribution in [0.5, 0.6) is 0 Å². The maximum absolute atomic E-state index is 11.1. The number of hydrogen-bond donors (Lipinski definition) is 1. The van der Waals surface area contributed by atoms with Crippen LogP contribution in [0.25, 0.3) is 5.57 Å². The second-order valence-corrected chi connectivity index (χ2v) is 7.40. The number of imidazole rings is 1. The number of allylic oxidation sites excluding steroid dienone is 1. The first-order valence-electron chi connectivity index (χ1n) is 8.78. The second kappa shape index (κ2) is 6.90. The van der Waals surface area contributed by atoms with E-state index in [0.717, 1.165) is 34.8 Å². The molecule has 7 nitrogen and oxygen atoms in total. The molecule has 2 unspecified atom stereocenters. The van der Waals surface area contributed by atoms with E-state index in [1.807, 2.05) is 24.6 Å². The first-order chi connectivity index (χ1) is 12.9. The van der Waals surface area contributed by atoms with Gasteiger partial charge in [-0.25, -0.2) is 9.78 Å². The van der Waals surface area contributed by atoms with Gasteiger partial charge in [-0.05, 0) is 31.1 Å². The van der Waals surface area contributed by atoms with Crippen molar-refractivity contribution < 1.29 is 9.90 Å². The van der Waals surface area contributed by atoms with Crippen molar-refractivity contribution in [2.45, 2.75) is 38.5 Å². The summed E-state index contributed by atoms with van der Waals surface area (Å²) in [6.45, 7) is 6.01. The highest BCUT2D eigenvalue weighted by molar-refractivity contribution is 6.34. The number of alkyl halides is 1. The van der Waals surface area contributed by atoms with Gasteiger partial charge in [0, 0.05) is 37.3 Å². The molecule has 0 fully saturated rings. The van der Waals surface area contributed by atoms with Crippen LogP contribution in [0.15, 0.2) is 29.5 Å². The van der Waals surface area contributed by atoms with E-state index in [0.29, 0.717) is 13.1 Å². The van der Waals surface area contributed by atoms with Crippen LogP contribution in [0.2, 0.25) is 0 Å². The zero-order valence-electron chi connectivity index (χ0n) is 15.1. The highest BCUT2D eigenvalue weighted by atomic mass is 35.5. The van der Waals surface area contributed by atoms with Crippen LogP contribution in [-0.4, -0.2) is 54.8 Å². The van der Waals surface area contributed by atoms with Crippen molar-refractivity contribution in [3.05, 3.63) is 52.9 Å². The number of carbonyl (C=O) groups is 1. The summed E-state index contributed by atoms with van der Waals surface area (Å²) in [5, 5.41) is 8.82. The van der Waals surface area contributed by atoms with Gasteiger partial charge in [-0.15, -0.1) is 11.6 Å². The summed E-state index contributed by atoms with van der Waals surface area (Å²) < 4.78 is 1.90. The number of fused-ring (bicyclic) bond motifs is 1. The zero-order valence-corrected chi connectivity index (χ0v) is 15.9. The lowest BCUT2D eigenvalue weighted by atomic mass is 10.00. The standard InChI is InChI=1S/C19H20ClN5O2/c1-11-5-12(2)18(22-7-11)13-6-16(21-8-14(13)20)25-4-3-24-9-15(19(26)27)23-17(24)10-25/h5-9,14,16H,3-4,10H2,1-2H3,(H,26,27). The third-order valence-electron chi connectivity index (χ3n) is 4.91. The Morgan fingerprint density at radius 2 is 2.15 bits per heavy atom. The van der Waals surface area contributed by atoms with Crippen molar-refractivity contribution in [3.8, 4) is 0 Å². The maximum atomic E-state index is 11.1.